The maximum atomic E-state index is 13.4. The zero-order valence-corrected chi connectivity index (χ0v) is 21.4. The lowest BCUT2D eigenvalue weighted by Gasteiger charge is -2.41. The van der Waals surface area contributed by atoms with Crippen molar-refractivity contribution in [1.82, 2.24) is 10.2 Å². The van der Waals surface area contributed by atoms with Crippen LogP contribution < -0.4 is 10.1 Å². The third kappa shape index (κ3) is 6.62. The molecular formula is C28H32F6N2O2. The fourth-order valence-corrected chi connectivity index (χ4v) is 5.53. The number of alkyl halides is 6. The van der Waals surface area contributed by atoms with Gasteiger partial charge in [0, 0.05) is 19.5 Å². The summed E-state index contributed by atoms with van der Waals surface area (Å²) >= 11 is 0. The molecule has 2 aromatic carbocycles. The molecule has 0 bridgehead atoms. The van der Waals surface area contributed by atoms with Gasteiger partial charge in [-0.1, -0.05) is 26.0 Å². The Morgan fingerprint density at radius 1 is 0.974 bits per heavy atom. The van der Waals surface area contributed by atoms with E-state index in [4.69, 9.17) is 4.74 Å². The molecule has 10 heteroatoms. The van der Waals surface area contributed by atoms with E-state index in [-0.39, 0.29) is 23.5 Å². The smallest absolute Gasteiger partial charge is 0.416 e. The van der Waals surface area contributed by atoms with Gasteiger partial charge in [0.15, 0.2) is 0 Å². The Morgan fingerprint density at radius 3 is 2.18 bits per heavy atom. The van der Waals surface area contributed by atoms with Crippen LogP contribution in [0, 0.1) is 11.3 Å². The van der Waals surface area contributed by atoms with Crippen molar-refractivity contribution < 1.29 is 35.9 Å². The molecule has 38 heavy (non-hydrogen) atoms. The molecule has 2 aliphatic rings. The van der Waals surface area contributed by atoms with Crippen molar-refractivity contribution in [1.29, 1.82) is 0 Å². The summed E-state index contributed by atoms with van der Waals surface area (Å²) in [5.41, 5.74) is -1.39. The van der Waals surface area contributed by atoms with Crippen molar-refractivity contribution in [2.75, 3.05) is 19.7 Å². The fraction of sp³-hybridized carbons (Fsp3) is 0.536. The zero-order chi connectivity index (χ0) is 27.7. The lowest BCUT2D eigenvalue weighted by atomic mass is 9.71. The Hall–Kier alpha value is -2.75. The van der Waals surface area contributed by atoms with Gasteiger partial charge >= 0.3 is 12.4 Å². The number of fused-ring (bicyclic) bond motifs is 1. The molecule has 2 aliphatic heterocycles. The van der Waals surface area contributed by atoms with E-state index >= 15 is 0 Å². The molecule has 0 saturated carbocycles. The summed E-state index contributed by atoms with van der Waals surface area (Å²) < 4.78 is 84.9. The molecule has 0 aromatic heterocycles. The highest BCUT2D eigenvalue weighted by molar-refractivity contribution is 5.82. The van der Waals surface area contributed by atoms with Crippen molar-refractivity contribution in [3.8, 4) is 5.75 Å². The Labute approximate surface area is 218 Å². The first-order valence-electron chi connectivity index (χ1n) is 12.8. The first-order chi connectivity index (χ1) is 17.7. The predicted molar refractivity (Wildman–Crippen MR) is 130 cm³/mol. The Balaban J connectivity index is 1.44. The van der Waals surface area contributed by atoms with Gasteiger partial charge in [-0.25, -0.2) is 0 Å². The molecule has 1 saturated heterocycles. The number of likely N-dealkylation sites (tertiary alicyclic amines) is 1. The van der Waals surface area contributed by atoms with Crippen molar-refractivity contribution in [2.45, 2.75) is 65.0 Å². The highest BCUT2D eigenvalue weighted by Crippen LogP contribution is 2.40. The second kappa shape index (κ2) is 10.8. The molecule has 4 nitrogen and oxygen atoms in total. The third-order valence-electron chi connectivity index (χ3n) is 7.35. The van der Waals surface area contributed by atoms with Crippen LogP contribution in [0.15, 0.2) is 36.4 Å². The van der Waals surface area contributed by atoms with Crippen LogP contribution in [0.1, 0.15) is 60.9 Å². The van der Waals surface area contributed by atoms with Gasteiger partial charge in [0.2, 0.25) is 5.91 Å². The van der Waals surface area contributed by atoms with Crippen LogP contribution >= 0.6 is 0 Å². The summed E-state index contributed by atoms with van der Waals surface area (Å²) in [6, 6.07) is 7.58. The van der Waals surface area contributed by atoms with Gasteiger partial charge in [0.25, 0.3) is 0 Å². The van der Waals surface area contributed by atoms with Crippen LogP contribution in [0.4, 0.5) is 26.3 Å². The molecule has 1 N–H and O–H groups in total. The first-order valence-corrected chi connectivity index (χ1v) is 12.8. The molecule has 4 rings (SSSR count). The van der Waals surface area contributed by atoms with E-state index in [0.717, 1.165) is 18.7 Å². The van der Waals surface area contributed by atoms with E-state index in [1.54, 1.807) is 0 Å². The number of nitrogens with zero attached hydrogens (tertiary/aromatic N) is 1. The SMILES string of the molecule is CC(C)CC1(C(=O)NCc2cc(C(F)(F)F)cc(C(F)(F)F)c2)CCN(Cc2ccc3c(c2)CCO3)CC1. The Bertz CT molecular complexity index is 1120. The maximum absolute atomic E-state index is 13.4. The molecular weight excluding hydrogens is 510 g/mol. The van der Waals surface area contributed by atoms with Gasteiger partial charge < -0.3 is 10.1 Å². The van der Waals surface area contributed by atoms with Gasteiger partial charge in [-0.3, -0.25) is 9.69 Å². The topological polar surface area (TPSA) is 41.6 Å². The van der Waals surface area contributed by atoms with E-state index < -0.39 is 35.4 Å². The third-order valence-corrected chi connectivity index (χ3v) is 7.35. The molecule has 0 aliphatic carbocycles. The van der Waals surface area contributed by atoms with E-state index in [1.165, 1.54) is 11.1 Å². The summed E-state index contributed by atoms with van der Waals surface area (Å²) in [7, 11) is 0. The molecule has 2 heterocycles. The van der Waals surface area contributed by atoms with Crippen LogP contribution in [-0.2, 0) is 36.7 Å². The number of carbonyl (C=O) groups is 1. The normalized spacial score (nSPS) is 17.8. The fourth-order valence-electron chi connectivity index (χ4n) is 5.53. The highest BCUT2D eigenvalue weighted by atomic mass is 19.4. The van der Waals surface area contributed by atoms with Crippen molar-refractivity contribution in [3.05, 3.63) is 64.2 Å². The van der Waals surface area contributed by atoms with Gasteiger partial charge in [-0.15, -0.1) is 0 Å². The lowest BCUT2D eigenvalue weighted by molar-refractivity contribution is -0.143. The average molecular weight is 543 g/mol. The summed E-state index contributed by atoms with van der Waals surface area (Å²) in [6.07, 6.45) is -7.28. The summed E-state index contributed by atoms with van der Waals surface area (Å²) in [5, 5.41) is 2.66. The van der Waals surface area contributed by atoms with Crippen LogP contribution in [-0.4, -0.2) is 30.5 Å². The number of hydrogen-bond donors (Lipinski definition) is 1. The number of ether oxygens (including phenoxy) is 1. The average Bonchev–Trinajstić information content (AvgIpc) is 3.30. The predicted octanol–water partition coefficient (Wildman–Crippen LogP) is 6.60. The summed E-state index contributed by atoms with van der Waals surface area (Å²) in [4.78, 5) is 15.7. The van der Waals surface area contributed by atoms with Crippen molar-refractivity contribution >= 4 is 5.91 Å². The number of piperidine rings is 1. The second-order valence-electron chi connectivity index (χ2n) is 10.8. The number of halogens is 6. The molecule has 208 valence electrons. The molecule has 0 radical (unpaired) electrons. The molecule has 1 fully saturated rings. The van der Waals surface area contributed by atoms with Crippen molar-refractivity contribution in [2.24, 2.45) is 11.3 Å². The number of rotatable bonds is 7. The second-order valence-corrected chi connectivity index (χ2v) is 10.8. The molecule has 1 amide bonds. The molecule has 0 spiro atoms. The van der Waals surface area contributed by atoms with E-state index in [1.807, 2.05) is 26.0 Å². The monoisotopic (exact) mass is 542 g/mol. The molecule has 0 atom stereocenters. The Morgan fingerprint density at radius 2 is 1.61 bits per heavy atom. The Kier molecular flexibility index (Phi) is 8.02. The standard InChI is InChI=1S/C28H32F6N2O2/c1-18(2)15-26(6-8-36(9-7-26)17-19-3-4-24-21(11-19)5-10-38-24)25(37)35-16-20-12-22(27(29,30)31)14-23(13-20)28(32,33)34/h3-4,11-14,18H,5-10,15-17H2,1-2H3,(H,35,37). The van der Waals surface area contributed by atoms with E-state index in [0.29, 0.717) is 51.1 Å². The minimum Gasteiger partial charge on any atom is -0.493 e. The van der Waals surface area contributed by atoms with Crippen LogP contribution in [0.25, 0.3) is 0 Å². The van der Waals surface area contributed by atoms with Gasteiger partial charge in [0.05, 0.1) is 23.1 Å². The number of benzene rings is 2. The number of nitrogens with one attached hydrogen (secondary N) is 1. The highest BCUT2D eigenvalue weighted by Gasteiger charge is 2.42. The minimum absolute atomic E-state index is 0.0926. The zero-order valence-electron chi connectivity index (χ0n) is 21.4. The van der Waals surface area contributed by atoms with Crippen LogP contribution in [0.5, 0.6) is 5.75 Å². The van der Waals surface area contributed by atoms with Crippen LogP contribution in [0.2, 0.25) is 0 Å². The molecule has 2 aromatic rings. The largest absolute Gasteiger partial charge is 0.493 e. The van der Waals surface area contributed by atoms with E-state index in [9.17, 15) is 31.1 Å². The minimum atomic E-state index is -4.93. The van der Waals surface area contributed by atoms with E-state index in [2.05, 4.69) is 16.3 Å². The van der Waals surface area contributed by atoms with Gasteiger partial charge in [-0.05, 0) is 79.2 Å². The summed E-state index contributed by atoms with van der Waals surface area (Å²) in [5.74, 6) is 0.782. The first kappa shape index (κ1) is 28.3. The number of carbonyl (C=O) groups excluding carboxylic acids is 1. The quantitative estimate of drug-likeness (QED) is 0.401. The molecule has 0 unspecified atom stereocenters. The number of hydrogen-bond acceptors (Lipinski definition) is 3. The van der Waals surface area contributed by atoms with Gasteiger partial charge in [0.1, 0.15) is 5.75 Å². The van der Waals surface area contributed by atoms with Gasteiger partial charge in [-0.2, -0.15) is 26.3 Å². The van der Waals surface area contributed by atoms with Crippen molar-refractivity contribution in [3.63, 3.8) is 0 Å². The maximum Gasteiger partial charge on any atom is 0.416 e. The summed E-state index contributed by atoms with van der Waals surface area (Å²) in [6.45, 7) is 6.33. The lowest BCUT2D eigenvalue weighted by Crippen LogP contribution is -2.49. The van der Waals surface area contributed by atoms with Crippen LogP contribution in [0.3, 0.4) is 0 Å². The number of amides is 1.